The number of benzene rings is 1. The molecule has 0 atom stereocenters. The van der Waals surface area contributed by atoms with E-state index in [1.54, 1.807) is 7.11 Å². The van der Waals surface area contributed by atoms with Gasteiger partial charge in [0, 0.05) is 19.2 Å². The van der Waals surface area contributed by atoms with Crippen LogP contribution in [0.2, 0.25) is 0 Å². The van der Waals surface area contributed by atoms with E-state index in [1.807, 2.05) is 0 Å². The minimum Gasteiger partial charge on any atom is -0.383 e. The molecule has 0 aliphatic heterocycles. The molecule has 2 heteroatoms. The van der Waals surface area contributed by atoms with E-state index in [2.05, 4.69) is 43.0 Å². The van der Waals surface area contributed by atoms with Gasteiger partial charge in [-0.15, -0.1) is 0 Å². The molecule has 0 unspecified atom stereocenters. The van der Waals surface area contributed by atoms with Crippen molar-refractivity contribution in [2.45, 2.75) is 45.1 Å². The predicted octanol–water partition coefficient (Wildman–Crippen LogP) is 3.73. The molecule has 0 aromatic heterocycles. The summed E-state index contributed by atoms with van der Waals surface area (Å²) < 4.78 is 5.29. The molecule has 0 N–H and O–H groups in total. The molecule has 0 heterocycles. The largest absolute Gasteiger partial charge is 0.383 e. The normalized spacial score (nSPS) is 18.1. The van der Waals surface area contributed by atoms with Crippen LogP contribution in [0.5, 0.6) is 0 Å². The van der Waals surface area contributed by atoms with E-state index >= 15 is 0 Å². The van der Waals surface area contributed by atoms with E-state index in [4.69, 9.17) is 4.74 Å². The lowest BCUT2D eigenvalue weighted by atomic mass is 9.85. The van der Waals surface area contributed by atoms with Gasteiger partial charge < -0.3 is 4.74 Å². The Morgan fingerprint density at radius 2 is 1.79 bits per heavy atom. The zero-order chi connectivity index (χ0) is 13.7. The van der Waals surface area contributed by atoms with Gasteiger partial charge in [-0.2, -0.15) is 0 Å². The summed E-state index contributed by atoms with van der Waals surface area (Å²) in [5.41, 5.74) is 3.09. The van der Waals surface area contributed by atoms with Crippen LogP contribution in [0, 0.1) is 6.92 Å². The molecule has 0 saturated heterocycles. The summed E-state index contributed by atoms with van der Waals surface area (Å²) in [7, 11) is 1.79. The highest BCUT2D eigenvalue weighted by Gasteiger charge is 2.39. The van der Waals surface area contributed by atoms with Crippen LogP contribution < -0.4 is 0 Å². The van der Waals surface area contributed by atoms with Gasteiger partial charge >= 0.3 is 0 Å². The van der Waals surface area contributed by atoms with Crippen LogP contribution in [0.3, 0.4) is 0 Å². The van der Waals surface area contributed by atoms with E-state index in [1.165, 1.54) is 36.8 Å². The molecule has 1 saturated carbocycles. The fraction of sp³-hybridized carbons (Fsp3) is 0.647. The Labute approximate surface area is 117 Å². The predicted molar refractivity (Wildman–Crippen MR) is 80.4 cm³/mol. The highest BCUT2D eigenvalue weighted by molar-refractivity contribution is 5.29. The number of methoxy groups -OCH3 is 1. The van der Waals surface area contributed by atoms with Gasteiger partial charge in [0.15, 0.2) is 0 Å². The maximum Gasteiger partial charge on any atom is 0.0589 e. The Kier molecular flexibility index (Phi) is 5.00. The standard InChI is InChI=1S/C17H27NO/c1-4-18(13-14-19-3)17(11-5-6-12-17)16-9-7-15(2)8-10-16/h7-10H,4-6,11-14H2,1-3H3. The van der Waals surface area contributed by atoms with Crippen LogP contribution >= 0.6 is 0 Å². The van der Waals surface area contributed by atoms with Crippen molar-refractivity contribution >= 4 is 0 Å². The lowest BCUT2D eigenvalue weighted by Gasteiger charge is -2.41. The molecule has 2 rings (SSSR count). The maximum atomic E-state index is 5.29. The molecule has 0 amide bonds. The molecule has 0 radical (unpaired) electrons. The average Bonchev–Trinajstić information content (AvgIpc) is 2.91. The SMILES string of the molecule is CCN(CCOC)C1(c2ccc(C)cc2)CCCC1. The number of rotatable bonds is 6. The zero-order valence-corrected chi connectivity index (χ0v) is 12.6. The molecule has 1 aliphatic rings. The Morgan fingerprint density at radius 3 is 2.32 bits per heavy atom. The molecule has 0 spiro atoms. The third-order valence-electron chi connectivity index (χ3n) is 4.57. The van der Waals surface area contributed by atoms with Gasteiger partial charge in [-0.25, -0.2) is 0 Å². The van der Waals surface area contributed by atoms with Crippen molar-refractivity contribution < 1.29 is 4.74 Å². The monoisotopic (exact) mass is 261 g/mol. The topological polar surface area (TPSA) is 12.5 Å². The van der Waals surface area contributed by atoms with Crippen molar-refractivity contribution in [2.24, 2.45) is 0 Å². The first-order valence-corrected chi connectivity index (χ1v) is 7.54. The second-order valence-electron chi connectivity index (χ2n) is 5.68. The summed E-state index contributed by atoms with van der Waals surface area (Å²) in [5.74, 6) is 0. The third kappa shape index (κ3) is 3.01. The Morgan fingerprint density at radius 1 is 1.16 bits per heavy atom. The van der Waals surface area contributed by atoms with Crippen LogP contribution in [0.4, 0.5) is 0 Å². The molecule has 1 aromatic carbocycles. The van der Waals surface area contributed by atoms with Crippen LogP contribution in [-0.4, -0.2) is 31.7 Å². The van der Waals surface area contributed by atoms with Crippen molar-refractivity contribution in [2.75, 3.05) is 26.8 Å². The van der Waals surface area contributed by atoms with Crippen LogP contribution in [0.15, 0.2) is 24.3 Å². The highest BCUT2D eigenvalue weighted by atomic mass is 16.5. The number of aryl methyl sites for hydroxylation is 1. The fourth-order valence-electron chi connectivity index (χ4n) is 3.49. The Bertz CT molecular complexity index is 379. The quantitative estimate of drug-likeness (QED) is 0.773. The molecule has 0 bridgehead atoms. The van der Waals surface area contributed by atoms with Crippen molar-refractivity contribution in [3.63, 3.8) is 0 Å². The van der Waals surface area contributed by atoms with Crippen molar-refractivity contribution in [1.82, 2.24) is 4.90 Å². The third-order valence-corrected chi connectivity index (χ3v) is 4.57. The first-order valence-electron chi connectivity index (χ1n) is 7.54. The lowest BCUT2D eigenvalue weighted by Crippen LogP contribution is -2.45. The van der Waals surface area contributed by atoms with Crippen LogP contribution in [-0.2, 0) is 10.3 Å². The fourth-order valence-corrected chi connectivity index (χ4v) is 3.49. The zero-order valence-electron chi connectivity index (χ0n) is 12.6. The second kappa shape index (κ2) is 6.53. The first kappa shape index (κ1) is 14.5. The lowest BCUT2D eigenvalue weighted by molar-refractivity contribution is 0.0608. The number of ether oxygens (including phenoxy) is 1. The van der Waals surface area contributed by atoms with Crippen molar-refractivity contribution in [3.8, 4) is 0 Å². The summed E-state index contributed by atoms with van der Waals surface area (Å²) in [6, 6.07) is 9.16. The summed E-state index contributed by atoms with van der Waals surface area (Å²) in [5, 5.41) is 0. The van der Waals surface area contributed by atoms with Crippen LogP contribution in [0.25, 0.3) is 0 Å². The second-order valence-corrected chi connectivity index (χ2v) is 5.68. The van der Waals surface area contributed by atoms with E-state index in [0.29, 0.717) is 0 Å². The molecular formula is C17H27NO. The van der Waals surface area contributed by atoms with Gasteiger partial charge in [-0.3, -0.25) is 4.90 Å². The molecule has 1 aromatic rings. The van der Waals surface area contributed by atoms with Gasteiger partial charge in [0.2, 0.25) is 0 Å². The molecule has 1 aliphatic carbocycles. The molecule has 106 valence electrons. The maximum absolute atomic E-state index is 5.29. The van der Waals surface area contributed by atoms with Crippen molar-refractivity contribution in [3.05, 3.63) is 35.4 Å². The molecular weight excluding hydrogens is 234 g/mol. The number of hydrogen-bond acceptors (Lipinski definition) is 2. The van der Waals surface area contributed by atoms with Gasteiger partial charge in [0.25, 0.3) is 0 Å². The van der Waals surface area contributed by atoms with E-state index < -0.39 is 0 Å². The Balaban J connectivity index is 2.27. The first-order chi connectivity index (χ1) is 9.23. The van der Waals surface area contributed by atoms with E-state index in [-0.39, 0.29) is 5.54 Å². The van der Waals surface area contributed by atoms with Gasteiger partial charge in [-0.1, -0.05) is 49.6 Å². The summed E-state index contributed by atoms with van der Waals surface area (Å²) in [6.07, 6.45) is 5.26. The summed E-state index contributed by atoms with van der Waals surface area (Å²) in [6.45, 7) is 7.37. The minimum atomic E-state index is 0.251. The van der Waals surface area contributed by atoms with E-state index in [9.17, 15) is 0 Å². The van der Waals surface area contributed by atoms with Gasteiger partial charge in [0.05, 0.1) is 6.61 Å². The smallest absolute Gasteiger partial charge is 0.0589 e. The molecule has 1 fully saturated rings. The average molecular weight is 261 g/mol. The highest BCUT2D eigenvalue weighted by Crippen LogP contribution is 2.43. The van der Waals surface area contributed by atoms with Gasteiger partial charge in [-0.05, 0) is 31.9 Å². The molecule has 19 heavy (non-hydrogen) atoms. The van der Waals surface area contributed by atoms with Crippen LogP contribution in [0.1, 0.15) is 43.7 Å². The van der Waals surface area contributed by atoms with E-state index in [0.717, 1.165) is 19.7 Å². The number of likely N-dealkylation sites (N-methyl/N-ethyl adjacent to an activating group) is 1. The van der Waals surface area contributed by atoms with Crippen molar-refractivity contribution in [1.29, 1.82) is 0 Å². The van der Waals surface area contributed by atoms with Gasteiger partial charge in [0.1, 0.15) is 0 Å². The molecule has 2 nitrogen and oxygen atoms in total. The minimum absolute atomic E-state index is 0.251. The number of hydrogen-bond donors (Lipinski definition) is 0. The summed E-state index contributed by atoms with van der Waals surface area (Å²) in [4.78, 5) is 2.62. The Hall–Kier alpha value is -0.860. The number of nitrogens with zero attached hydrogens (tertiary/aromatic N) is 1. The summed E-state index contributed by atoms with van der Waals surface area (Å²) >= 11 is 0.